The van der Waals surface area contributed by atoms with Gasteiger partial charge in [-0.2, -0.15) is 0 Å². The first-order chi connectivity index (χ1) is 15.5. The van der Waals surface area contributed by atoms with Crippen molar-refractivity contribution in [1.29, 1.82) is 0 Å². The summed E-state index contributed by atoms with van der Waals surface area (Å²) in [5, 5.41) is 1.94. The third-order valence-corrected chi connectivity index (χ3v) is 6.20. The summed E-state index contributed by atoms with van der Waals surface area (Å²) < 4.78 is 25.8. The van der Waals surface area contributed by atoms with Crippen molar-refractivity contribution in [2.45, 2.75) is 4.90 Å². The number of halogens is 1. The quantitative estimate of drug-likeness (QED) is 0.309. The van der Waals surface area contributed by atoms with Crippen LogP contribution >= 0.6 is 23.7 Å². The fourth-order valence-corrected chi connectivity index (χ4v) is 4.54. The molecule has 0 fully saturated rings. The minimum Gasteiger partial charge on any atom is -0.495 e. The monoisotopic (exact) mass is 469 g/mol. The summed E-state index contributed by atoms with van der Waals surface area (Å²) in [6.45, 7) is 0. The Labute approximate surface area is 192 Å². The Morgan fingerprint density at radius 3 is 2.47 bits per heavy atom. The number of nitrogens with one attached hydrogen (secondary N) is 2. The molecule has 6 nitrogen and oxygen atoms in total. The normalized spacial score (nSPS) is 11.0. The van der Waals surface area contributed by atoms with Crippen molar-refractivity contribution >= 4 is 40.2 Å². The van der Waals surface area contributed by atoms with E-state index in [1.165, 1.54) is 43.1 Å². The van der Waals surface area contributed by atoms with Crippen LogP contribution in [0.25, 0.3) is 27.6 Å². The summed E-state index contributed by atoms with van der Waals surface area (Å²) in [5.41, 5.74) is 0.617. The summed E-state index contributed by atoms with van der Waals surface area (Å²) in [6, 6.07) is 14.3. The summed E-state index contributed by atoms with van der Waals surface area (Å²) in [5.74, 6) is -0.231. The van der Waals surface area contributed by atoms with E-state index in [0.29, 0.717) is 16.2 Å². The number of H-pyrrole nitrogens is 1. The highest BCUT2D eigenvalue weighted by Gasteiger charge is 2.22. The number of anilines is 1. The topological polar surface area (TPSA) is 76.1 Å². The highest BCUT2D eigenvalue weighted by atomic mass is 32.2. The maximum absolute atomic E-state index is 15.9. The molecule has 0 saturated carbocycles. The fraction of sp³-hybridized carbons (Fsp3) is 0.130. The molecular weight excluding hydrogens is 449 g/mol. The van der Waals surface area contributed by atoms with Gasteiger partial charge >= 0.3 is 5.69 Å². The lowest BCUT2D eigenvalue weighted by atomic mass is 9.99. The number of nitrogens with zero attached hydrogens (tertiary/aromatic N) is 1. The number of aromatic amines is 1. The van der Waals surface area contributed by atoms with Crippen LogP contribution in [0.2, 0.25) is 0 Å². The second-order valence-corrected chi connectivity index (χ2v) is 8.34. The zero-order chi connectivity index (χ0) is 22.8. The molecule has 2 N–H and O–H groups in total. The molecule has 4 aromatic rings. The van der Waals surface area contributed by atoms with Gasteiger partial charge in [0.25, 0.3) is 5.56 Å². The second kappa shape index (κ2) is 9.13. The third kappa shape index (κ3) is 4.01. The number of thioether (sulfide) groups is 1. The molecule has 32 heavy (non-hydrogen) atoms. The van der Waals surface area contributed by atoms with Crippen molar-refractivity contribution in [2.24, 2.45) is 0 Å². The van der Waals surface area contributed by atoms with Crippen molar-refractivity contribution < 1.29 is 9.13 Å². The predicted molar refractivity (Wildman–Crippen MR) is 131 cm³/mol. The van der Waals surface area contributed by atoms with Gasteiger partial charge < -0.3 is 9.46 Å². The van der Waals surface area contributed by atoms with Crippen molar-refractivity contribution in [3.05, 3.63) is 81.4 Å². The second-order valence-electron chi connectivity index (χ2n) is 6.88. The lowest BCUT2D eigenvalue weighted by molar-refractivity contribution is 0.403. The molecule has 4 rings (SSSR count). The van der Waals surface area contributed by atoms with Gasteiger partial charge in [0.2, 0.25) is 0 Å². The molecule has 1 aromatic heterocycles. The van der Waals surface area contributed by atoms with Crippen LogP contribution in [0.5, 0.6) is 5.75 Å². The predicted octanol–water partition coefficient (Wildman–Crippen LogP) is 4.91. The molecule has 1 heterocycles. The van der Waals surface area contributed by atoms with E-state index in [0.717, 1.165) is 21.0 Å². The Hall–Kier alpha value is -3.17. The van der Waals surface area contributed by atoms with Crippen molar-refractivity contribution in [3.63, 3.8) is 0 Å². The standard InChI is InChI=1S/C23H20FN3O3S2/c1-30-22-18(31-2)12-17(27-9-8-19(28)25-23(27)29)21(24)20(22)15-5-4-14-11-16(26-32-3)7-6-13(14)10-15/h4-12,26H,1-3H3,(H,25,28,29). The van der Waals surface area contributed by atoms with E-state index in [4.69, 9.17) is 4.74 Å². The molecule has 0 aliphatic rings. The number of methoxy groups -OCH3 is 1. The molecule has 0 aliphatic carbocycles. The highest BCUT2D eigenvalue weighted by Crippen LogP contribution is 2.43. The first kappa shape index (κ1) is 22.0. The molecule has 0 radical (unpaired) electrons. The van der Waals surface area contributed by atoms with Gasteiger partial charge in [-0.05, 0) is 46.9 Å². The number of ether oxygens (including phenoxy) is 1. The molecular formula is C23H20FN3O3S2. The average molecular weight is 470 g/mol. The smallest absolute Gasteiger partial charge is 0.333 e. The van der Waals surface area contributed by atoms with Crippen LogP contribution in [0.1, 0.15) is 0 Å². The summed E-state index contributed by atoms with van der Waals surface area (Å²) in [4.78, 5) is 26.6. The Morgan fingerprint density at radius 2 is 1.78 bits per heavy atom. The molecule has 3 aromatic carbocycles. The van der Waals surface area contributed by atoms with E-state index >= 15 is 4.39 Å². The van der Waals surface area contributed by atoms with Crippen molar-refractivity contribution in [1.82, 2.24) is 9.55 Å². The van der Waals surface area contributed by atoms with Crippen LogP contribution in [-0.4, -0.2) is 29.2 Å². The van der Waals surface area contributed by atoms with Gasteiger partial charge in [0, 0.05) is 24.2 Å². The fourth-order valence-electron chi connectivity index (χ4n) is 3.58. The summed E-state index contributed by atoms with van der Waals surface area (Å²) >= 11 is 2.88. The van der Waals surface area contributed by atoms with Gasteiger partial charge in [0.15, 0.2) is 5.82 Å². The van der Waals surface area contributed by atoms with Crippen LogP contribution in [0.4, 0.5) is 10.1 Å². The molecule has 0 saturated heterocycles. The van der Waals surface area contributed by atoms with Crippen LogP contribution < -0.4 is 20.7 Å². The SMILES string of the molecule is COc1c(SC)cc(-n2ccc(=O)[nH]c2=O)c(F)c1-c1ccc2cc(NSC)ccc2c1. The number of hydrogen-bond acceptors (Lipinski definition) is 6. The molecule has 0 unspecified atom stereocenters. The number of hydrogen-bond donors (Lipinski definition) is 2. The number of aromatic nitrogens is 2. The van der Waals surface area contributed by atoms with Crippen LogP contribution in [-0.2, 0) is 0 Å². The molecule has 0 atom stereocenters. The van der Waals surface area contributed by atoms with Crippen LogP contribution in [0.15, 0.2) is 69.2 Å². The lowest BCUT2D eigenvalue weighted by Gasteiger charge is -2.18. The Bertz CT molecular complexity index is 1430. The number of benzene rings is 3. The minimum absolute atomic E-state index is 0.0333. The van der Waals surface area contributed by atoms with Crippen LogP contribution in [0, 0.1) is 5.82 Å². The van der Waals surface area contributed by atoms with E-state index in [1.54, 1.807) is 6.07 Å². The zero-order valence-corrected chi connectivity index (χ0v) is 19.2. The van der Waals surface area contributed by atoms with Gasteiger partial charge in [0.1, 0.15) is 5.75 Å². The maximum Gasteiger partial charge on any atom is 0.333 e. The first-order valence-corrected chi connectivity index (χ1v) is 12.0. The van der Waals surface area contributed by atoms with E-state index in [1.807, 2.05) is 48.9 Å². The Balaban J connectivity index is 1.97. The molecule has 0 aliphatic heterocycles. The summed E-state index contributed by atoms with van der Waals surface area (Å²) in [6.07, 6.45) is 5.06. The number of rotatable bonds is 6. The third-order valence-electron chi connectivity index (χ3n) is 5.02. The molecule has 0 spiro atoms. The Kier molecular flexibility index (Phi) is 6.29. The van der Waals surface area contributed by atoms with E-state index in [9.17, 15) is 9.59 Å². The minimum atomic E-state index is -0.716. The van der Waals surface area contributed by atoms with Crippen molar-refractivity contribution in [3.8, 4) is 22.6 Å². The molecule has 164 valence electrons. The van der Waals surface area contributed by atoms with E-state index in [2.05, 4.69) is 9.71 Å². The van der Waals surface area contributed by atoms with E-state index in [-0.39, 0.29) is 11.3 Å². The maximum atomic E-state index is 15.9. The zero-order valence-electron chi connectivity index (χ0n) is 17.6. The van der Waals surface area contributed by atoms with Gasteiger partial charge in [-0.1, -0.05) is 30.1 Å². The molecule has 0 bridgehead atoms. The Morgan fingerprint density at radius 1 is 1.03 bits per heavy atom. The van der Waals surface area contributed by atoms with Gasteiger partial charge in [-0.3, -0.25) is 14.3 Å². The van der Waals surface area contributed by atoms with E-state index < -0.39 is 17.1 Å². The largest absolute Gasteiger partial charge is 0.495 e. The molecule has 0 amide bonds. The van der Waals surface area contributed by atoms with Gasteiger partial charge in [0.05, 0.1) is 23.3 Å². The number of fused-ring (bicyclic) bond motifs is 1. The average Bonchev–Trinajstić information content (AvgIpc) is 2.79. The first-order valence-electron chi connectivity index (χ1n) is 9.57. The van der Waals surface area contributed by atoms with Gasteiger partial charge in [-0.15, -0.1) is 11.8 Å². The van der Waals surface area contributed by atoms with Crippen molar-refractivity contribution in [2.75, 3.05) is 24.3 Å². The molecule has 9 heteroatoms. The van der Waals surface area contributed by atoms with Gasteiger partial charge in [-0.25, -0.2) is 9.18 Å². The highest BCUT2D eigenvalue weighted by molar-refractivity contribution is 7.99. The lowest BCUT2D eigenvalue weighted by Crippen LogP contribution is -2.28. The summed E-state index contributed by atoms with van der Waals surface area (Å²) in [7, 11) is 1.49. The van der Waals surface area contributed by atoms with Crippen LogP contribution in [0.3, 0.4) is 0 Å².